The molecule has 7 nitrogen and oxygen atoms in total. The lowest BCUT2D eigenvalue weighted by Crippen LogP contribution is -2.76. The SMILES string of the molecule is CCC(=O)O[C@]1(C(=O)SCC#CCO)CCC2C34CCC5=CC([NH2+]c6ccc(F)cc6)=C(C=N)C[C@]5(C)C3(C4)[C@@H](O)C[C@@]21C. The van der Waals surface area contributed by atoms with Gasteiger partial charge >= 0.3 is 5.97 Å². The molecule has 1 aromatic rings. The molecule has 0 aliphatic heterocycles. The molecule has 0 aromatic heterocycles. The Labute approximate surface area is 262 Å². The second kappa shape index (κ2) is 10.9. The maximum absolute atomic E-state index is 14.0. The number of rotatable bonds is 7. The van der Waals surface area contributed by atoms with Gasteiger partial charge in [0.15, 0.2) is 5.60 Å². The van der Waals surface area contributed by atoms with Crippen molar-refractivity contribution in [3.8, 4) is 11.8 Å². The van der Waals surface area contributed by atoms with E-state index >= 15 is 0 Å². The largest absolute Gasteiger partial charge is 0.449 e. The number of carbonyl (C=O) groups is 2. The van der Waals surface area contributed by atoms with Crippen molar-refractivity contribution in [1.29, 1.82) is 5.41 Å². The molecule has 4 fully saturated rings. The summed E-state index contributed by atoms with van der Waals surface area (Å²) in [6.45, 7) is 5.75. The molecule has 0 radical (unpaired) electrons. The molecule has 0 spiro atoms. The fourth-order valence-electron chi connectivity index (χ4n) is 10.3. The summed E-state index contributed by atoms with van der Waals surface area (Å²) in [5.74, 6) is 4.97. The molecule has 9 heteroatoms. The Balaban J connectivity index is 1.35. The van der Waals surface area contributed by atoms with Crippen LogP contribution >= 0.6 is 11.8 Å². The smallest absolute Gasteiger partial charge is 0.306 e. The van der Waals surface area contributed by atoms with Gasteiger partial charge in [-0.1, -0.05) is 49.9 Å². The third-order valence-corrected chi connectivity index (χ3v) is 13.1. The van der Waals surface area contributed by atoms with Crippen LogP contribution in [0.15, 0.2) is 47.2 Å². The molecule has 5 aliphatic rings. The van der Waals surface area contributed by atoms with Crippen LogP contribution in [0.2, 0.25) is 0 Å². The van der Waals surface area contributed by atoms with Gasteiger partial charge in [0.1, 0.15) is 23.8 Å². The predicted octanol–water partition coefficient (Wildman–Crippen LogP) is 4.56. The van der Waals surface area contributed by atoms with Gasteiger partial charge in [-0.05, 0) is 74.5 Å². The second-order valence-corrected chi connectivity index (χ2v) is 14.7. The molecule has 3 unspecified atom stereocenters. The Bertz CT molecular complexity index is 1530. The molecule has 7 atom stereocenters. The zero-order valence-corrected chi connectivity index (χ0v) is 26.5. The number of fused-ring (bicyclic) bond motifs is 2. The van der Waals surface area contributed by atoms with Gasteiger partial charge in [-0.2, -0.15) is 0 Å². The summed E-state index contributed by atoms with van der Waals surface area (Å²) in [5, 5.41) is 31.5. The van der Waals surface area contributed by atoms with Crippen molar-refractivity contribution < 1.29 is 34.2 Å². The van der Waals surface area contributed by atoms with E-state index in [1.807, 2.05) is 5.32 Å². The first-order valence-corrected chi connectivity index (χ1v) is 16.6. The summed E-state index contributed by atoms with van der Waals surface area (Å²) < 4.78 is 19.7. The molecule has 234 valence electrons. The Morgan fingerprint density at radius 2 is 1.98 bits per heavy atom. The van der Waals surface area contributed by atoms with Gasteiger partial charge in [0.05, 0.1) is 11.9 Å². The number of carbonyl (C=O) groups excluding carboxylic acids is 2. The van der Waals surface area contributed by atoms with Gasteiger partial charge in [-0.15, -0.1) is 0 Å². The minimum atomic E-state index is -1.35. The van der Waals surface area contributed by atoms with Crippen LogP contribution < -0.4 is 5.32 Å². The first-order chi connectivity index (χ1) is 21.0. The summed E-state index contributed by atoms with van der Waals surface area (Å²) in [4.78, 5) is 26.9. The highest BCUT2D eigenvalue weighted by Crippen LogP contribution is 2.90. The van der Waals surface area contributed by atoms with Crippen LogP contribution in [-0.2, 0) is 14.3 Å². The summed E-state index contributed by atoms with van der Waals surface area (Å²) in [5.41, 5.74) is 0.977. The molecule has 5 N–H and O–H groups in total. The Morgan fingerprint density at radius 1 is 1.23 bits per heavy atom. The molecule has 1 aromatic carbocycles. The molecule has 4 saturated carbocycles. The van der Waals surface area contributed by atoms with E-state index < -0.39 is 28.5 Å². The summed E-state index contributed by atoms with van der Waals surface area (Å²) in [6, 6.07) is 6.36. The predicted molar refractivity (Wildman–Crippen MR) is 166 cm³/mol. The van der Waals surface area contributed by atoms with E-state index in [4.69, 9.17) is 15.3 Å². The Hall–Kier alpha value is -2.77. The van der Waals surface area contributed by atoms with E-state index in [9.17, 15) is 19.1 Å². The zero-order valence-electron chi connectivity index (χ0n) is 25.7. The fraction of sp³-hybridized carbons (Fsp3) is 0.571. The van der Waals surface area contributed by atoms with Gasteiger partial charge in [0.25, 0.3) is 0 Å². The number of nitrogens with two attached hydrogens (primary N) is 1. The fourth-order valence-corrected chi connectivity index (χ4v) is 11.2. The number of hydrogen-bond donors (Lipinski definition) is 4. The first-order valence-electron chi connectivity index (χ1n) is 15.7. The van der Waals surface area contributed by atoms with Gasteiger partial charge in [0.2, 0.25) is 5.12 Å². The second-order valence-electron chi connectivity index (χ2n) is 13.8. The number of quaternary nitrogens is 1. The molecule has 0 saturated heterocycles. The number of esters is 1. The van der Waals surface area contributed by atoms with E-state index in [1.54, 1.807) is 19.1 Å². The van der Waals surface area contributed by atoms with Crippen LogP contribution in [-0.4, -0.2) is 51.6 Å². The van der Waals surface area contributed by atoms with Crippen molar-refractivity contribution in [3.63, 3.8) is 0 Å². The normalized spacial score (nSPS) is 38.2. The first kappa shape index (κ1) is 31.2. The van der Waals surface area contributed by atoms with Crippen molar-refractivity contribution >= 4 is 34.7 Å². The van der Waals surface area contributed by atoms with Crippen molar-refractivity contribution in [2.75, 3.05) is 12.4 Å². The quantitative estimate of drug-likeness (QED) is 0.153. The van der Waals surface area contributed by atoms with Crippen molar-refractivity contribution in [2.45, 2.75) is 83.8 Å². The Kier molecular flexibility index (Phi) is 7.76. The van der Waals surface area contributed by atoms with E-state index in [1.165, 1.54) is 23.9 Å². The highest BCUT2D eigenvalue weighted by molar-refractivity contribution is 8.14. The molecular weight excluding hydrogens is 579 g/mol. The molecule has 6 rings (SSSR count). The van der Waals surface area contributed by atoms with Crippen LogP contribution in [0.25, 0.3) is 0 Å². The summed E-state index contributed by atoms with van der Waals surface area (Å²) in [6.07, 6.45) is 7.79. The number of benzene rings is 1. The number of thioether (sulfide) groups is 1. The standard InChI is InChI=1S/C35H41FN2O5S/c1-4-29(41)43-35(30(42)44-16-6-5-15-39)14-12-27-32(35,3)19-28(40)34-21-33(27,34)13-11-23-17-26(22(20-37)18-31(23,34)2)38-25-9-7-24(36)8-10-25/h7-10,17,20,27-28,37-40H,4,11-16,18-19,21H2,1-3H3/p+1/t27?,28-,31-,32-,33?,34?,35-/m0/s1. The van der Waals surface area contributed by atoms with E-state index in [-0.39, 0.29) is 46.5 Å². The monoisotopic (exact) mass is 621 g/mol. The zero-order chi connectivity index (χ0) is 31.5. The van der Waals surface area contributed by atoms with Gasteiger partial charge in [0, 0.05) is 46.6 Å². The number of aliphatic hydroxyl groups is 2. The Morgan fingerprint density at radius 3 is 2.66 bits per heavy atom. The van der Waals surface area contributed by atoms with Crippen LogP contribution in [0, 0.1) is 50.6 Å². The number of aliphatic hydroxyl groups excluding tert-OH is 2. The number of ether oxygens (including phenoxy) is 1. The third kappa shape index (κ3) is 4.17. The van der Waals surface area contributed by atoms with Crippen molar-refractivity contribution in [2.24, 2.45) is 27.6 Å². The maximum atomic E-state index is 14.0. The third-order valence-electron chi connectivity index (χ3n) is 12.2. The van der Waals surface area contributed by atoms with Crippen LogP contribution in [0.3, 0.4) is 0 Å². The summed E-state index contributed by atoms with van der Waals surface area (Å²) >= 11 is 1.04. The van der Waals surface area contributed by atoms with Crippen molar-refractivity contribution in [1.82, 2.24) is 0 Å². The molecular formula is C35H42FN2O5S+. The number of halogens is 1. The van der Waals surface area contributed by atoms with Crippen molar-refractivity contribution in [3.05, 3.63) is 53.0 Å². The molecule has 0 bridgehead atoms. The van der Waals surface area contributed by atoms with Gasteiger partial charge in [-0.3, -0.25) is 14.9 Å². The number of allylic oxidation sites excluding steroid dienone is 3. The van der Waals surface area contributed by atoms with Crippen LogP contribution in [0.5, 0.6) is 0 Å². The van der Waals surface area contributed by atoms with Crippen LogP contribution in [0.1, 0.15) is 72.1 Å². The molecule has 0 amide bonds. The summed E-state index contributed by atoms with van der Waals surface area (Å²) in [7, 11) is 0. The molecule has 44 heavy (non-hydrogen) atoms. The van der Waals surface area contributed by atoms with E-state index in [0.717, 1.165) is 54.4 Å². The van der Waals surface area contributed by atoms with E-state index in [0.29, 0.717) is 19.3 Å². The average Bonchev–Trinajstić information content (AvgIpc) is 3.65. The highest BCUT2D eigenvalue weighted by atomic mass is 32.2. The minimum absolute atomic E-state index is 0.0918. The average molecular weight is 622 g/mol. The number of hydrogen-bond acceptors (Lipinski definition) is 7. The lowest BCUT2D eigenvalue weighted by atomic mass is 9.45. The molecule has 5 aliphatic carbocycles. The topological polar surface area (TPSA) is 124 Å². The minimum Gasteiger partial charge on any atom is -0.449 e. The van der Waals surface area contributed by atoms with Gasteiger partial charge in [-0.25, -0.2) is 4.39 Å². The highest BCUT2D eigenvalue weighted by Gasteiger charge is 2.88. The number of nitrogens with one attached hydrogen (secondary N) is 1. The van der Waals surface area contributed by atoms with Crippen LogP contribution in [0.4, 0.5) is 10.1 Å². The van der Waals surface area contributed by atoms with Gasteiger partial charge < -0.3 is 20.4 Å². The lowest BCUT2D eigenvalue weighted by Gasteiger charge is -2.60. The molecule has 0 heterocycles. The maximum Gasteiger partial charge on any atom is 0.306 e. The van der Waals surface area contributed by atoms with E-state index in [2.05, 4.69) is 31.8 Å². The lowest BCUT2D eigenvalue weighted by molar-refractivity contribution is -0.513.